The first-order chi connectivity index (χ1) is 17.3. The van der Waals surface area contributed by atoms with Crippen molar-refractivity contribution in [2.45, 2.75) is 64.9 Å². The Morgan fingerprint density at radius 2 is 1.42 bits per heavy atom. The third-order valence-corrected chi connectivity index (χ3v) is 6.05. The molecular weight excluding hydrogens is 454 g/mol. The van der Waals surface area contributed by atoms with E-state index in [2.05, 4.69) is 17.4 Å². The average Bonchev–Trinajstić information content (AvgIpc) is 2.86. The van der Waals surface area contributed by atoms with Crippen molar-refractivity contribution < 1.29 is 19.1 Å². The molecule has 1 aliphatic rings. The van der Waals surface area contributed by atoms with Crippen LogP contribution in [0, 0.1) is 0 Å². The number of hydrogen-bond acceptors (Lipinski definition) is 4. The number of benzene rings is 2. The van der Waals surface area contributed by atoms with E-state index in [0.29, 0.717) is 26.2 Å². The van der Waals surface area contributed by atoms with E-state index >= 15 is 0 Å². The highest BCUT2D eigenvalue weighted by atomic mass is 16.6. The lowest BCUT2D eigenvalue weighted by Crippen LogP contribution is -2.52. The Labute approximate surface area is 215 Å². The van der Waals surface area contributed by atoms with Crippen molar-refractivity contribution in [3.8, 4) is 5.75 Å². The number of anilines is 1. The molecule has 1 heterocycles. The van der Waals surface area contributed by atoms with Gasteiger partial charge in [-0.25, -0.2) is 9.59 Å². The number of nitrogens with zero attached hydrogens (tertiary/aromatic N) is 2. The minimum atomic E-state index is -0.518. The molecule has 196 valence electrons. The number of unbranched alkanes of at least 4 members (excludes halogenated alkanes) is 4. The maximum absolute atomic E-state index is 12.6. The van der Waals surface area contributed by atoms with Crippen LogP contribution in [0.25, 0.3) is 0 Å². The number of amides is 3. The molecule has 3 rings (SSSR count). The first-order valence-corrected chi connectivity index (χ1v) is 13.1. The second kappa shape index (κ2) is 13.8. The highest BCUT2D eigenvalue weighted by Gasteiger charge is 2.27. The lowest BCUT2D eigenvalue weighted by atomic mass is 10.1. The SMILES string of the molecule is CC(C)(C)OC(=O)N1CCN(C(=O)Nc2ccc(CCCCCCCOc3ccccc3)cc2)CC1. The highest BCUT2D eigenvalue weighted by molar-refractivity contribution is 5.89. The monoisotopic (exact) mass is 495 g/mol. The fraction of sp³-hybridized carbons (Fsp3) is 0.517. The predicted octanol–water partition coefficient (Wildman–Crippen LogP) is 6.34. The number of aryl methyl sites for hydroxylation is 1. The lowest BCUT2D eigenvalue weighted by molar-refractivity contribution is 0.0174. The van der Waals surface area contributed by atoms with Crippen molar-refractivity contribution in [3.05, 3.63) is 60.2 Å². The summed E-state index contributed by atoms with van der Waals surface area (Å²) in [6, 6.07) is 17.9. The molecule has 0 radical (unpaired) electrons. The number of urea groups is 1. The summed E-state index contributed by atoms with van der Waals surface area (Å²) in [4.78, 5) is 28.2. The van der Waals surface area contributed by atoms with Gasteiger partial charge in [-0.05, 0) is 69.9 Å². The zero-order chi connectivity index (χ0) is 25.8. The summed E-state index contributed by atoms with van der Waals surface area (Å²) in [7, 11) is 0. The van der Waals surface area contributed by atoms with Gasteiger partial charge >= 0.3 is 12.1 Å². The third kappa shape index (κ3) is 9.80. The molecule has 1 aliphatic heterocycles. The van der Waals surface area contributed by atoms with E-state index < -0.39 is 5.60 Å². The predicted molar refractivity (Wildman–Crippen MR) is 144 cm³/mol. The van der Waals surface area contributed by atoms with Crippen molar-refractivity contribution in [2.24, 2.45) is 0 Å². The van der Waals surface area contributed by atoms with E-state index in [1.807, 2.05) is 63.2 Å². The van der Waals surface area contributed by atoms with Gasteiger partial charge in [-0.2, -0.15) is 0 Å². The van der Waals surface area contributed by atoms with Crippen LogP contribution < -0.4 is 10.1 Å². The molecule has 36 heavy (non-hydrogen) atoms. The quantitative estimate of drug-likeness (QED) is 0.390. The van der Waals surface area contributed by atoms with Crippen molar-refractivity contribution >= 4 is 17.8 Å². The minimum Gasteiger partial charge on any atom is -0.494 e. The van der Waals surface area contributed by atoms with Crippen LogP contribution in [-0.2, 0) is 11.2 Å². The van der Waals surface area contributed by atoms with Crippen LogP contribution in [0.2, 0.25) is 0 Å². The minimum absolute atomic E-state index is 0.136. The lowest BCUT2D eigenvalue weighted by Gasteiger charge is -2.35. The number of ether oxygens (including phenoxy) is 2. The molecule has 2 aromatic carbocycles. The van der Waals surface area contributed by atoms with Crippen LogP contribution in [0.3, 0.4) is 0 Å². The van der Waals surface area contributed by atoms with Crippen molar-refractivity contribution in [3.63, 3.8) is 0 Å². The molecule has 0 aromatic heterocycles. The molecule has 1 N–H and O–H groups in total. The van der Waals surface area contributed by atoms with Gasteiger partial charge in [0.05, 0.1) is 6.61 Å². The first-order valence-electron chi connectivity index (χ1n) is 13.1. The van der Waals surface area contributed by atoms with E-state index in [4.69, 9.17) is 9.47 Å². The van der Waals surface area contributed by atoms with Crippen LogP contribution in [0.5, 0.6) is 5.75 Å². The van der Waals surface area contributed by atoms with Crippen LogP contribution in [0.1, 0.15) is 58.4 Å². The van der Waals surface area contributed by atoms with E-state index in [9.17, 15) is 9.59 Å². The smallest absolute Gasteiger partial charge is 0.410 e. The Morgan fingerprint density at radius 1 is 0.806 bits per heavy atom. The fourth-order valence-electron chi connectivity index (χ4n) is 4.04. The molecule has 2 aromatic rings. The van der Waals surface area contributed by atoms with Crippen LogP contribution in [0.15, 0.2) is 54.6 Å². The number of nitrogens with one attached hydrogen (secondary N) is 1. The van der Waals surface area contributed by atoms with Gasteiger partial charge in [-0.15, -0.1) is 0 Å². The maximum Gasteiger partial charge on any atom is 0.410 e. The Hall–Kier alpha value is -3.22. The second-order valence-corrected chi connectivity index (χ2v) is 10.3. The molecule has 3 amide bonds. The fourth-order valence-corrected chi connectivity index (χ4v) is 4.04. The summed E-state index contributed by atoms with van der Waals surface area (Å²) < 4.78 is 11.2. The first kappa shape index (κ1) is 27.4. The summed E-state index contributed by atoms with van der Waals surface area (Å²) in [5.41, 5.74) is 1.55. The molecule has 0 saturated carbocycles. The zero-order valence-electron chi connectivity index (χ0n) is 22.0. The van der Waals surface area contributed by atoms with Crippen molar-refractivity contribution in [1.82, 2.24) is 9.80 Å². The van der Waals surface area contributed by atoms with Crippen LogP contribution >= 0.6 is 0 Å². The summed E-state index contributed by atoms with van der Waals surface area (Å²) in [5.74, 6) is 0.943. The number of piperazine rings is 1. The number of hydrogen-bond donors (Lipinski definition) is 1. The molecule has 7 heteroatoms. The van der Waals surface area contributed by atoms with E-state index in [-0.39, 0.29) is 12.1 Å². The molecule has 0 atom stereocenters. The zero-order valence-corrected chi connectivity index (χ0v) is 22.0. The van der Waals surface area contributed by atoms with Gasteiger partial charge in [0.15, 0.2) is 0 Å². The van der Waals surface area contributed by atoms with Gasteiger partial charge < -0.3 is 24.6 Å². The number of rotatable bonds is 10. The van der Waals surface area contributed by atoms with E-state index in [0.717, 1.165) is 37.3 Å². The number of para-hydroxylation sites is 1. The summed E-state index contributed by atoms with van der Waals surface area (Å²) in [6.45, 7) is 8.25. The molecule has 1 fully saturated rings. The average molecular weight is 496 g/mol. The van der Waals surface area contributed by atoms with Gasteiger partial charge in [-0.1, -0.05) is 49.6 Å². The van der Waals surface area contributed by atoms with Gasteiger partial charge in [-0.3, -0.25) is 0 Å². The van der Waals surface area contributed by atoms with Gasteiger partial charge in [0.25, 0.3) is 0 Å². The molecule has 0 aliphatic carbocycles. The molecule has 0 unspecified atom stereocenters. The molecule has 1 saturated heterocycles. The summed E-state index contributed by atoms with van der Waals surface area (Å²) in [6.07, 6.45) is 6.57. The largest absolute Gasteiger partial charge is 0.494 e. The molecule has 0 spiro atoms. The molecule has 7 nitrogen and oxygen atoms in total. The van der Waals surface area contributed by atoms with Gasteiger partial charge in [0.1, 0.15) is 11.4 Å². The van der Waals surface area contributed by atoms with Crippen LogP contribution in [0.4, 0.5) is 15.3 Å². The molecule has 0 bridgehead atoms. The Bertz CT molecular complexity index is 933. The number of carbonyl (C=O) groups excluding carboxylic acids is 2. The van der Waals surface area contributed by atoms with Crippen LogP contribution in [-0.4, -0.2) is 60.3 Å². The van der Waals surface area contributed by atoms with Gasteiger partial charge in [0.2, 0.25) is 0 Å². The molecular formula is C29H41N3O4. The normalized spacial score (nSPS) is 13.9. The van der Waals surface area contributed by atoms with Gasteiger partial charge in [0, 0.05) is 31.9 Å². The summed E-state index contributed by atoms with van der Waals surface area (Å²) in [5, 5.41) is 2.97. The van der Waals surface area contributed by atoms with E-state index in [1.54, 1.807) is 9.80 Å². The maximum atomic E-state index is 12.6. The topological polar surface area (TPSA) is 71.1 Å². The second-order valence-electron chi connectivity index (χ2n) is 10.3. The Kier molecular flexibility index (Phi) is 10.5. The Morgan fingerprint density at radius 3 is 2.08 bits per heavy atom. The third-order valence-electron chi connectivity index (χ3n) is 6.05. The summed E-state index contributed by atoms with van der Waals surface area (Å²) >= 11 is 0. The van der Waals surface area contributed by atoms with Crippen molar-refractivity contribution in [1.29, 1.82) is 0 Å². The van der Waals surface area contributed by atoms with E-state index in [1.165, 1.54) is 24.8 Å². The number of carbonyl (C=O) groups is 2. The van der Waals surface area contributed by atoms with Crippen molar-refractivity contribution in [2.75, 3.05) is 38.1 Å². The Balaban J connectivity index is 1.27. The highest BCUT2D eigenvalue weighted by Crippen LogP contribution is 2.16. The standard InChI is InChI=1S/C29H41N3O4/c1-29(2,3)36-28(34)32-21-19-31(20-22-32)27(33)30-25-17-15-24(16-18-25)12-8-5-4-6-11-23-35-26-13-9-7-10-14-26/h7,9-10,13-18H,4-6,8,11-12,19-23H2,1-3H3,(H,30,33).